The van der Waals surface area contributed by atoms with E-state index in [-0.39, 0.29) is 37.1 Å². The molecule has 0 aliphatic carbocycles. The topological polar surface area (TPSA) is 95.1 Å². The van der Waals surface area contributed by atoms with E-state index in [4.69, 9.17) is 0 Å². The van der Waals surface area contributed by atoms with E-state index in [2.05, 4.69) is 0 Å². The third kappa shape index (κ3) is 4.31. The van der Waals surface area contributed by atoms with Crippen molar-refractivity contribution in [1.29, 1.82) is 0 Å². The van der Waals surface area contributed by atoms with E-state index in [1.165, 1.54) is 11.2 Å². The fraction of sp³-hybridized carbons (Fsp3) is 0.400. The van der Waals surface area contributed by atoms with Crippen LogP contribution in [0.1, 0.15) is 40.4 Å². The van der Waals surface area contributed by atoms with E-state index in [1.807, 2.05) is 37.8 Å². The molecule has 2 saturated heterocycles. The number of hydrogen-bond acceptors (Lipinski definition) is 6. The fourth-order valence-electron chi connectivity index (χ4n) is 4.98. The number of nitrogens with zero attached hydrogens (tertiary/aromatic N) is 3. The highest BCUT2D eigenvalue weighted by atomic mass is 32.2. The monoisotopic (exact) mass is 483 g/mol. The highest BCUT2D eigenvalue weighted by Gasteiger charge is 2.44. The molecule has 0 N–H and O–H groups in total. The minimum atomic E-state index is -3.66. The van der Waals surface area contributed by atoms with Crippen LogP contribution in [0.5, 0.6) is 0 Å². The molecule has 2 aromatic rings. The fourth-order valence-corrected chi connectivity index (χ4v) is 6.81. The molecule has 0 saturated carbocycles. The molecule has 2 aliphatic rings. The van der Waals surface area contributed by atoms with Crippen LogP contribution in [0.25, 0.3) is 0 Å². The van der Waals surface area contributed by atoms with Crippen LogP contribution in [0, 0.1) is 20.8 Å². The second-order valence-electron chi connectivity index (χ2n) is 9.06. The molecular formula is C25H29N3O5S. The van der Waals surface area contributed by atoms with Gasteiger partial charge >= 0.3 is 0 Å². The minimum Gasteiger partial charge on any atom is -0.295 e. The molecule has 8 nitrogen and oxygen atoms in total. The van der Waals surface area contributed by atoms with Gasteiger partial charge in [-0.3, -0.25) is 19.3 Å². The Hall–Kier alpha value is -2.88. The van der Waals surface area contributed by atoms with Gasteiger partial charge in [-0.25, -0.2) is 13.3 Å². The zero-order valence-electron chi connectivity index (χ0n) is 19.9. The summed E-state index contributed by atoms with van der Waals surface area (Å²) in [6.45, 7) is 8.25. The number of piperazine rings is 1. The van der Waals surface area contributed by atoms with Crippen molar-refractivity contribution >= 4 is 33.3 Å². The van der Waals surface area contributed by atoms with E-state index >= 15 is 0 Å². The molecule has 2 amide bonds. The van der Waals surface area contributed by atoms with E-state index in [9.17, 15) is 22.8 Å². The van der Waals surface area contributed by atoms with Gasteiger partial charge in [-0.15, -0.1) is 0 Å². The molecule has 2 aromatic carbocycles. The zero-order chi connectivity index (χ0) is 24.8. The van der Waals surface area contributed by atoms with Crippen molar-refractivity contribution in [2.45, 2.75) is 45.1 Å². The van der Waals surface area contributed by atoms with Crippen molar-refractivity contribution in [2.24, 2.45) is 0 Å². The Morgan fingerprint density at radius 3 is 2.00 bits per heavy atom. The number of ketones is 1. The largest absolute Gasteiger partial charge is 0.295 e. The van der Waals surface area contributed by atoms with Crippen LogP contribution >= 0.6 is 0 Å². The van der Waals surface area contributed by atoms with Crippen molar-refractivity contribution in [3.63, 3.8) is 0 Å². The first-order valence-electron chi connectivity index (χ1n) is 11.3. The van der Waals surface area contributed by atoms with Crippen LogP contribution in [0.2, 0.25) is 0 Å². The lowest BCUT2D eigenvalue weighted by atomic mass is 10.1. The summed E-state index contributed by atoms with van der Waals surface area (Å²) < 4.78 is 28.2. The number of imide groups is 1. The molecule has 9 heteroatoms. The molecule has 1 unspecified atom stereocenters. The lowest BCUT2D eigenvalue weighted by molar-refractivity contribution is -0.123. The number of Topliss-reactive ketones (excluding diaryl/α,β-unsaturated/α-hetero) is 1. The van der Waals surface area contributed by atoms with Crippen molar-refractivity contribution < 1.29 is 22.8 Å². The van der Waals surface area contributed by atoms with Crippen LogP contribution in [-0.2, 0) is 19.6 Å². The molecule has 180 valence electrons. The average molecular weight is 484 g/mol. The third-order valence-electron chi connectivity index (χ3n) is 6.57. The van der Waals surface area contributed by atoms with E-state index in [0.717, 1.165) is 21.6 Å². The number of benzene rings is 2. The number of sulfonamides is 1. The Morgan fingerprint density at radius 2 is 1.47 bits per heavy atom. The molecule has 2 heterocycles. The first kappa shape index (κ1) is 24.3. The number of carbonyl (C=O) groups is 3. The second-order valence-corrected chi connectivity index (χ2v) is 10.9. The summed E-state index contributed by atoms with van der Waals surface area (Å²) in [6.07, 6.45) is 0.0518. The maximum Gasteiger partial charge on any atom is 0.251 e. The number of hydrogen-bond donors (Lipinski definition) is 0. The maximum absolute atomic E-state index is 13.4. The van der Waals surface area contributed by atoms with Gasteiger partial charge in [-0.05, 0) is 63.1 Å². The molecule has 0 bridgehead atoms. The van der Waals surface area contributed by atoms with Gasteiger partial charge in [0.15, 0.2) is 5.78 Å². The Kier molecular flexibility index (Phi) is 6.46. The predicted molar refractivity (Wildman–Crippen MR) is 128 cm³/mol. The van der Waals surface area contributed by atoms with Gasteiger partial charge in [0.1, 0.15) is 0 Å². The predicted octanol–water partition coefficient (Wildman–Crippen LogP) is 2.45. The normalized spacial score (nSPS) is 20.2. The summed E-state index contributed by atoms with van der Waals surface area (Å²) >= 11 is 0. The van der Waals surface area contributed by atoms with E-state index < -0.39 is 16.1 Å². The van der Waals surface area contributed by atoms with E-state index in [1.54, 1.807) is 24.3 Å². The Balaban J connectivity index is 1.47. The molecule has 0 aromatic heterocycles. The average Bonchev–Trinajstić information content (AvgIpc) is 3.06. The van der Waals surface area contributed by atoms with Crippen molar-refractivity contribution in [1.82, 2.24) is 9.21 Å². The van der Waals surface area contributed by atoms with Crippen LogP contribution in [0.4, 0.5) is 5.69 Å². The molecular weight excluding hydrogens is 454 g/mol. The van der Waals surface area contributed by atoms with Crippen molar-refractivity contribution in [2.75, 3.05) is 31.1 Å². The smallest absolute Gasteiger partial charge is 0.251 e. The molecule has 2 aliphatic heterocycles. The van der Waals surface area contributed by atoms with Gasteiger partial charge in [-0.1, -0.05) is 17.7 Å². The summed E-state index contributed by atoms with van der Waals surface area (Å²) in [5.74, 6) is -0.707. The molecule has 4 rings (SSSR count). The minimum absolute atomic E-state index is 0.0518. The highest BCUT2D eigenvalue weighted by molar-refractivity contribution is 7.89. The zero-order valence-corrected chi connectivity index (χ0v) is 20.7. The van der Waals surface area contributed by atoms with Crippen LogP contribution < -0.4 is 4.90 Å². The number of anilines is 1. The number of aryl methyl sites for hydroxylation is 3. The summed E-state index contributed by atoms with van der Waals surface area (Å²) in [6, 6.07) is 9.53. The second kappa shape index (κ2) is 9.05. The lowest BCUT2D eigenvalue weighted by Crippen LogP contribution is -2.53. The Morgan fingerprint density at radius 1 is 0.912 bits per heavy atom. The standard InChI is InChI=1S/C25H29N3O5S/c1-16-13-17(2)24(18(3)14-16)34(32,33)27-11-9-26(10-12-27)22-15-23(30)28(25(22)31)21-7-5-20(6-8-21)19(4)29/h5-8,13-14,22H,9-12,15H2,1-4H3. The van der Waals surface area contributed by atoms with Crippen LogP contribution in [0.3, 0.4) is 0 Å². The number of amides is 2. The molecule has 1 atom stereocenters. The Bertz CT molecular complexity index is 1240. The maximum atomic E-state index is 13.4. The first-order chi connectivity index (χ1) is 16.0. The van der Waals surface area contributed by atoms with Gasteiger partial charge in [0, 0.05) is 31.7 Å². The van der Waals surface area contributed by atoms with Gasteiger partial charge < -0.3 is 0 Å². The summed E-state index contributed by atoms with van der Waals surface area (Å²) in [5, 5.41) is 0. The Labute approximate surface area is 200 Å². The van der Waals surface area contributed by atoms with E-state index in [0.29, 0.717) is 29.2 Å². The molecule has 2 fully saturated rings. The molecule has 0 radical (unpaired) electrons. The van der Waals surface area contributed by atoms with Gasteiger partial charge in [-0.2, -0.15) is 4.31 Å². The van der Waals surface area contributed by atoms with Crippen molar-refractivity contribution in [3.05, 3.63) is 58.7 Å². The number of carbonyl (C=O) groups excluding carboxylic acids is 3. The number of rotatable bonds is 5. The summed E-state index contributed by atoms with van der Waals surface area (Å²) in [5.41, 5.74) is 3.42. The SMILES string of the molecule is CC(=O)c1ccc(N2C(=O)CC(N3CCN(S(=O)(=O)c4c(C)cc(C)cc4C)CC3)C2=O)cc1. The highest BCUT2D eigenvalue weighted by Crippen LogP contribution is 2.29. The first-order valence-corrected chi connectivity index (χ1v) is 12.7. The van der Waals surface area contributed by atoms with Crippen molar-refractivity contribution in [3.8, 4) is 0 Å². The summed E-state index contributed by atoms with van der Waals surface area (Å²) in [4.78, 5) is 40.7. The van der Waals surface area contributed by atoms with Crippen LogP contribution in [0.15, 0.2) is 41.3 Å². The quantitative estimate of drug-likeness (QED) is 0.479. The van der Waals surface area contributed by atoms with Gasteiger partial charge in [0.25, 0.3) is 5.91 Å². The van der Waals surface area contributed by atoms with Gasteiger partial charge in [0.2, 0.25) is 15.9 Å². The summed E-state index contributed by atoms with van der Waals surface area (Å²) in [7, 11) is -3.66. The van der Waals surface area contributed by atoms with Gasteiger partial charge in [0.05, 0.1) is 23.0 Å². The van der Waals surface area contributed by atoms with Crippen LogP contribution in [-0.4, -0.2) is 67.4 Å². The third-order valence-corrected chi connectivity index (χ3v) is 8.78. The molecule has 0 spiro atoms. The molecule has 34 heavy (non-hydrogen) atoms. The lowest BCUT2D eigenvalue weighted by Gasteiger charge is -2.36.